The molecule has 0 bridgehead atoms. The van der Waals surface area contributed by atoms with E-state index in [-0.39, 0.29) is 18.3 Å². The van der Waals surface area contributed by atoms with Crippen LogP contribution in [-0.4, -0.2) is 27.0 Å². The van der Waals surface area contributed by atoms with Crippen molar-refractivity contribution < 1.29 is 4.79 Å². The number of carbonyl (C=O) groups is 1. The zero-order valence-corrected chi connectivity index (χ0v) is 19.8. The zero-order valence-electron chi connectivity index (χ0n) is 17.4. The van der Waals surface area contributed by atoms with E-state index < -0.39 is 0 Å². The monoisotopic (exact) mass is 474 g/mol. The van der Waals surface area contributed by atoms with Crippen LogP contribution in [0.5, 0.6) is 0 Å². The standard InChI is InChI=1S/C23H23ClN4OS.ClH/c1-16-5-3-6-18(13-16)14-20(29)28(11-4-10-27-12-9-25-15-27)23-26-21-17(2)7-8-19(24)22(21)30-23;/h3,5-9,12-13,15H,4,10-11,14H2,1-2H3;1H. The Morgan fingerprint density at radius 3 is 2.77 bits per heavy atom. The molecule has 2 heterocycles. The van der Waals surface area contributed by atoms with Crippen molar-refractivity contribution >= 4 is 56.6 Å². The van der Waals surface area contributed by atoms with Crippen LogP contribution in [0, 0.1) is 13.8 Å². The van der Waals surface area contributed by atoms with Crippen molar-refractivity contribution in [3.63, 3.8) is 0 Å². The summed E-state index contributed by atoms with van der Waals surface area (Å²) in [5.74, 6) is 0.0408. The van der Waals surface area contributed by atoms with Gasteiger partial charge in [0.1, 0.15) is 0 Å². The molecule has 162 valence electrons. The van der Waals surface area contributed by atoms with Gasteiger partial charge in [0.25, 0.3) is 0 Å². The van der Waals surface area contributed by atoms with Gasteiger partial charge in [0.2, 0.25) is 5.91 Å². The highest BCUT2D eigenvalue weighted by atomic mass is 35.5. The average molecular weight is 475 g/mol. The first kappa shape index (κ1) is 23.3. The summed E-state index contributed by atoms with van der Waals surface area (Å²) in [6.07, 6.45) is 6.63. The van der Waals surface area contributed by atoms with Gasteiger partial charge in [-0.15, -0.1) is 12.4 Å². The predicted molar refractivity (Wildman–Crippen MR) is 131 cm³/mol. The number of halogens is 2. The van der Waals surface area contributed by atoms with Crippen LogP contribution in [0.3, 0.4) is 0 Å². The highest BCUT2D eigenvalue weighted by molar-refractivity contribution is 7.23. The molecule has 0 atom stereocenters. The van der Waals surface area contributed by atoms with Gasteiger partial charge in [-0.1, -0.05) is 58.8 Å². The Balaban J connectivity index is 0.00000272. The van der Waals surface area contributed by atoms with Crippen LogP contribution in [-0.2, 0) is 17.8 Å². The molecular formula is C23H24Cl2N4OS. The van der Waals surface area contributed by atoms with Gasteiger partial charge in [0.05, 0.1) is 28.0 Å². The van der Waals surface area contributed by atoms with Gasteiger partial charge in [-0.3, -0.25) is 9.69 Å². The Morgan fingerprint density at radius 1 is 1.23 bits per heavy atom. The molecule has 0 spiro atoms. The summed E-state index contributed by atoms with van der Waals surface area (Å²) in [6.45, 7) is 5.42. The first-order valence-electron chi connectivity index (χ1n) is 9.88. The second-order valence-electron chi connectivity index (χ2n) is 7.40. The van der Waals surface area contributed by atoms with E-state index in [2.05, 4.69) is 11.1 Å². The molecule has 4 rings (SSSR count). The van der Waals surface area contributed by atoms with E-state index in [1.807, 2.05) is 54.9 Å². The summed E-state index contributed by atoms with van der Waals surface area (Å²) in [6, 6.07) is 11.9. The molecule has 0 aliphatic rings. The minimum Gasteiger partial charge on any atom is -0.337 e. The molecule has 0 saturated heterocycles. The maximum atomic E-state index is 13.3. The maximum Gasteiger partial charge on any atom is 0.233 e. The Labute approximate surface area is 197 Å². The molecule has 2 aromatic carbocycles. The maximum absolute atomic E-state index is 13.3. The van der Waals surface area contributed by atoms with Crippen molar-refractivity contribution in [3.05, 3.63) is 76.8 Å². The lowest BCUT2D eigenvalue weighted by Crippen LogP contribution is -2.33. The fourth-order valence-electron chi connectivity index (χ4n) is 3.46. The molecule has 1 amide bonds. The van der Waals surface area contributed by atoms with E-state index in [0.29, 0.717) is 23.1 Å². The number of aromatic nitrogens is 3. The number of thiazole rings is 1. The number of carbonyl (C=O) groups excluding carboxylic acids is 1. The number of benzene rings is 2. The van der Waals surface area contributed by atoms with E-state index in [1.54, 1.807) is 17.4 Å². The largest absolute Gasteiger partial charge is 0.337 e. The lowest BCUT2D eigenvalue weighted by Gasteiger charge is -2.20. The van der Waals surface area contributed by atoms with Crippen molar-refractivity contribution in [1.29, 1.82) is 0 Å². The second kappa shape index (κ2) is 10.3. The third-order valence-corrected chi connectivity index (χ3v) is 6.55. The van der Waals surface area contributed by atoms with E-state index >= 15 is 0 Å². The van der Waals surface area contributed by atoms with E-state index in [0.717, 1.165) is 39.9 Å². The molecular weight excluding hydrogens is 451 g/mol. The number of fused-ring (bicyclic) bond motifs is 1. The molecule has 0 radical (unpaired) electrons. The number of anilines is 1. The van der Waals surface area contributed by atoms with Crippen molar-refractivity contribution in [3.8, 4) is 0 Å². The Bertz CT molecular complexity index is 1130. The molecule has 0 saturated carbocycles. The van der Waals surface area contributed by atoms with Crippen LogP contribution in [0.25, 0.3) is 10.2 Å². The summed E-state index contributed by atoms with van der Waals surface area (Å²) in [5.41, 5.74) is 4.08. The van der Waals surface area contributed by atoms with Gasteiger partial charge in [-0.25, -0.2) is 9.97 Å². The predicted octanol–water partition coefficient (Wildman–Crippen LogP) is 5.85. The molecule has 8 heteroatoms. The van der Waals surface area contributed by atoms with Gasteiger partial charge >= 0.3 is 0 Å². The highest BCUT2D eigenvalue weighted by Gasteiger charge is 2.21. The van der Waals surface area contributed by atoms with Crippen LogP contribution in [0.4, 0.5) is 5.13 Å². The van der Waals surface area contributed by atoms with Gasteiger partial charge < -0.3 is 4.57 Å². The number of hydrogen-bond acceptors (Lipinski definition) is 4. The summed E-state index contributed by atoms with van der Waals surface area (Å²) in [5, 5.41) is 1.37. The first-order chi connectivity index (χ1) is 14.5. The lowest BCUT2D eigenvalue weighted by atomic mass is 10.1. The Hall–Kier alpha value is -2.41. The fourth-order valence-corrected chi connectivity index (χ4v) is 4.82. The van der Waals surface area contributed by atoms with Crippen LogP contribution < -0.4 is 4.90 Å². The van der Waals surface area contributed by atoms with Crippen molar-refractivity contribution in [1.82, 2.24) is 14.5 Å². The summed E-state index contributed by atoms with van der Waals surface area (Å²) < 4.78 is 2.94. The van der Waals surface area contributed by atoms with Crippen LogP contribution in [0.1, 0.15) is 23.1 Å². The topological polar surface area (TPSA) is 51.0 Å². The summed E-state index contributed by atoms with van der Waals surface area (Å²) in [7, 11) is 0. The molecule has 0 aliphatic heterocycles. The van der Waals surface area contributed by atoms with Gasteiger partial charge in [-0.2, -0.15) is 0 Å². The highest BCUT2D eigenvalue weighted by Crippen LogP contribution is 2.36. The number of imidazole rings is 1. The zero-order chi connectivity index (χ0) is 21.1. The smallest absolute Gasteiger partial charge is 0.233 e. The number of amides is 1. The Kier molecular flexibility index (Phi) is 7.70. The third-order valence-electron chi connectivity index (χ3n) is 5.01. The van der Waals surface area contributed by atoms with Crippen LogP contribution >= 0.6 is 35.3 Å². The number of aryl methyl sites for hydroxylation is 3. The normalized spacial score (nSPS) is 10.8. The van der Waals surface area contributed by atoms with Crippen molar-refractivity contribution in [2.45, 2.75) is 33.2 Å². The van der Waals surface area contributed by atoms with Crippen molar-refractivity contribution in [2.75, 3.05) is 11.4 Å². The minimum absolute atomic E-state index is 0. The molecule has 0 unspecified atom stereocenters. The van der Waals surface area contributed by atoms with Crippen LogP contribution in [0.2, 0.25) is 5.02 Å². The molecule has 31 heavy (non-hydrogen) atoms. The molecule has 0 N–H and O–H groups in total. The SMILES string of the molecule is Cc1cccc(CC(=O)N(CCCn2ccnc2)c2nc3c(C)ccc(Cl)c3s2)c1.Cl. The second-order valence-corrected chi connectivity index (χ2v) is 8.79. The molecule has 0 fully saturated rings. The quantitative estimate of drug-likeness (QED) is 0.337. The minimum atomic E-state index is 0. The molecule has 0 aliphatic carbocycles. The van der Waals surface area contributed by atoms with Crippen LogP contribution in [0.15, 0.2) is 55.1 Å². The first-order valence-corrected chi connectivity index (χ1v) is 11.1. The fraction of sp³-hybridized carbons (Fsp3) is 0.261. The van der Waals surface area contributed by atoms with Gasteiger partial charge in [0.15, 0.2) is 5.13 Å². The van der Waals surface area contributed by atoms with E-state index in [1.165, 1.54) is 11.3 Å². The van der Waals surface area contributed by atoms with E-state index in [9.17, 15) is 4.79 Å². The average Bonchev–Trinajstić information content (AvgIpc) is 3.38. The Morgan fingerprint density at radius 2 is 2.06 bits per heavy atom. The lowest BCUT2D eigenvalue weighted by molar-refractivity contribution is -0.118. The van der Waals surface area contributed by atoms with Gasteiger partial charge in [-0.05, 0) is 37.5 Å². The summed E-state index contributed by atoms with van der Waals surface area (Å²) >= 11 is 7.88. The number of nitrogens with zero attached hydrogens (tertiary/aromatic N) is 4. The van der Waals surface area contributed by atoms with E-state index in [4.69, 9.17) is 16.6 Å². The molecule has 4 aromatic rings. The third kappa shape index (κ3) is 5.45. The van der Waals surface area contributed by atoms with Crippen molar-refractivity contribution in [2.24, 2.45) is 0 Å². The van der Waals surface area contributed by atoms with Gasteiger partial charge in [0, 0.05) is 25.5 Å². The molecule has 5 nitrogen and oxygen atoms in total. The number of rotatable bonds is 7. The summed E-state index contributed by atoms with van der Waals surface area (Å²) in [4.78, 5) is 24.0. The molecule has 2 aromatic heterocycles. The number of hydrogen-bond donors (Lipinski definition) is 0.